The molecule has 0 saturated heterocycles. The van der Waals surface area contributed by atoms with Crippen molar-refractivity contribution in [2.45, 2.75) is 51.6 Å². The monoisotopic (exact) mass is 426 g/mol. The Morgan fingerprint density at radius 1 is 1.32 bits per heavy atom. The zero-order chi connectivity index (χ0) is 21.7. The highest BCUT2D eigenvalue weighted by Gasteiger charge is 2.36. The van der Waals surface area contributed by atoms with E-state index in [9.17, 15) is 0 Å². The van der Waals surface area contributed by atoms with Crippen molar-refractivity contribution in [3.8, 4) is 5.75 Å². The minimum Gasteiger partial charge on any atom is -0.493 e. The number of hydrogen-bond donors (Lipinski definition) is 2. The molecule has 1 saturated carbocycles. The number of ether oxygens (including phenoxy) is 2. The predicted octanol–water partition coefficient (Wildman–Crippen LogP) is 2.89. The Labute approximate surface area is 184 Å². The first-order valence-electron chi connectivity index (χ1n) is 11.2. The Hall–Kier alpha value is -2.61. The minimum atomic E-state index is 0.161. The van der Waals surface area contributed by atoms with Crippen molar-refractivity contribution in [2.75, 3.05) is 26.9 Å². The topological polar surface area (TPSA) is 85.6 Å². The van der Waals surface area contributed by atoms with Gasteiger partial charge in [-0.3, -0.25) is 0 Å². The van der Waals surface area contributed by atoms with Gasteiger partial charge in [0.2, 0.25) is 0 Å². The van der Waals surface area contributed by atoms with E-state index in [0.29, 0.717) is 18.6 Å². The van der Waals surface area contributed by atoms with Crippen LogP contribution in [0.2, 0.25) is 0 Å². The quantitative estimate of drug-likeness (QED) is 0.499. The number of hydrogen-bond acceptors (Lipinski definition) is 5. The maximum Gasteiger partial charge on any atom is 0.192 e. The molecule has 31 heavy (non-hydrogen) atoms. The lowest BCUT2D eigenvalue weighted by molar-refractivity contribution is 0.0731. The van der Waals surface area contributed by atoms with Crippen LogP contribution >= 0.6 is 0 Å². The van der Waals surface area contributed by atoms with Crippen LogP contribution in [0.4, 0.5) is 0 Å². The van der Waals surface area contributed by atoms with Crippen molar-refractivity contribution in [3.05, 3.63) is 41.5 Å². The molecule has 4 rings (SSSR count). The van der Waals surface area contributed by atoms with Crippen LogP contribution in [-0.4, -0.2) is 47.6 Å². The second kappa shape index (κ2) is 9.68. The molecule has 8 heteroatoms. The van der Waals surface area contributed by atoms with Crippen LogP contribution in [0.3, 0.4) is 0 Å². The van der Waals surface area contributed by atoms with Gasteiger partial charge in [0.05, 0.1) is 12.6 Å². The molecule has 1 aromatic carbocycles. The molecule has 2 heterocycles. The third kappa shape index (κ3) is 5.01. The van der Waals surface area contributed by atoms with Crippen LogP contribution in [0.5, 0.6) is 5.75 Å². The molecule has 1 unspecified atom stereocenters. The van der Waals surface area contributed by atoms with E-state index in [1.807, 2.05) is 30.7 Å². The summed E-state index contributed by atoms with van der Waals surface area (Å²) in [6.07, 6.45) is 5.73. The molecule has 2 N–H and O–H groups in total. The van der Waals surface area contributed by atoms with Crippen molar-refractivity contribution >= 4 is 5.96 Å². The zero-order valence-electron chi connectivity index (χ0n) is 18.9. The number of aromatic nitrogens is 3. The highest BCUT2D eigenvalue weighted by atomic mass is 16.5. The molecule has 1 fully saturated rings. The SMILES string of the molecule is COCCC1(CNC(=NCc2nnc(C)n2C)NC2CCOc3ccccc32)CCC1. The van der Waals surface area contributed by atoms with Crippen LogP contribution in [-0.2, 0) is 18.3 Å². The summed E-state index contributed by atoms with van der Waals surface area (Å²) in [6, 6.07) is 8.39. The maximum atomic E-state index is 5.83. The molecule has 168 valence electrons. The number of nitrogens with one attached hydrogen (secondary N) is 2. The van der Waals surface area contributed by atoms with E-state index in [-0.39, 0.29) is 6.04 Å². The average molecular weight is 427 g/mol. The lowest BCUT2D eigenvalue weighted by atomic mass is 9.67. The van der Waals surface area contributed by atoms with Gasteiger partial charge >= 0.3 is 0 Å². The Kier molecular flexibility index (Phi) is 6.75. The summed E-state index contributed by atoms with van der Waals surface area (Å²) in [7, 11) is 3.75. The Morgan fingerprint density at radius 2 is 2.16 bits per heavy atom. The zero-order valence-corrected chi connectivity index (χ0v) is 18.9. The first kappa shape index (κ1) is 21.6. The van der Waals surface area contributed by atoms with Gasteiger partial charge in [0.1, 0.15) is 18.1 Å². The lowest BCUT2D eigenvalue weighted by Gasteiger charge is -2.42. The number of aryl methyl sites for hydroxylation is 1. The van der Waals surface area contributed by atoms with E-state index in [2.05, 4.69) is 33.0 Å². The molecule has 1 aliphatic carbocycles. The van der Waals surface area contributed by atoms with Crippen LogP contribution in [0.1, 0.15) is 55.4 Å². The molecular weight excluding hydrogens is 392 g/mol. The fraction of sp³-hybridized carbons (Fsp3) is 0.609. The second-order valence-electron chi connectivity index (χ2n) is 8.71. The fourth-order valence-corrected chi connectivity index (χ4v) is 4.33. The molecule has 0 radical (unpaired) electrons. The highest BCUT2D eigenvalue weighted by Crippen LogP contribution is 2.43. The Balaban J connectivity index is 1.50. The third-order valence-corrected chi connectivity index (χ3v) is 6.71. The standard InChI is InChI=1S/C23H34N6O2/c1-17-27-28-21(29(17)2)15-24-22(25-16-23(10-6-11-23)12-14-30-3)26-19-9-13-31-20-8-5-4-7-18(19)20/h4-5,7-8,19H,6,9-16H2,1-3H3,(H2,24,25,26). The molecule has 1 atom stereocenters. The molecule has 0 bridgehead atoms. The predicted molar refractivity (Wildman–Crippen MR) is 120 cm³/mol. The number of guanidine groups is 1. The Bertz CT molecular complexity index is 905. The third-order valence-electron chi connectivity index (χ3n) is 6.71. The summed E-state index contributed by atoms with van der Waals surface area (Å²) in [5.74, 6) is 3.50. The molecule has 1 aromatic heterocycles. The van der Waals surface area contributed by atoms with Gasteiger partial charge in [0.25, 0.3) is 0 Å². The Morgan fingerprint density at radius 3 is 2.87 bits per heavy atom. The molecule has 2 aliphatic rings. The number of nitrogens with zero attached hydrogens (tertiary/aromatic N) is 4. The second-order valence-corrected chi connectivity index (χ2v) is 8.71. The van der Waals surface area contributed by atoms with Gasteiger partial charge in [-0.1, -0.05) is 24.6 Å². The number of benzene rings is 1. The van der Waals surface area contributed by atoms with Gasteiger partial charge in [0, 0.05) is 39.3 Å². The van der Waals surface area contributed by atoms with Crippen molar-refractivity contribution < 1.29 is 9.47 Å². The molecule has 2 aromatic rings. The van der Waals surface area contributed by atoms with Gasteiger partial charge in [-0.25, -0.2) is 4.99 Å². The summed E-state index contributed by atoms with van der Waals surface area (Å²) >= 11 is 0. The summed E-state index contributed by atoms with van der Waals surface area (Å²) in [5, 5.41) is 15.7. The van der Waals surface area contributed by atoms with E-state index < -0.39 is 0 Å². The molecular formula is C23H34N6O2. The summed E-state index contributed by atoms with van der Waals surface area (Å²) in [6.45, 7) is 4.82. The van der Waals surface area contributed by atoms with Crippen molar-refractivity contribution in [3.63, 3.8) is 0 Å². The van der Waals surface area contributed by atoms with E-state index >= 15 is 0 Å². The number of rotatable bonds is 8. The molecule has 0 amide bonds. The smallest absolute Gasteiger partial charge is 0.192 e. The van der Waals surface area contributed by atoms with Crippen LogP contribution in [0.25, 0.3) is 0 Å². The normalized spacial score (nSPS) is 19.8. The van der Waals surface area contributed by atoms with Crippen LogP contribution in [0, 0.1) is 12.3 Å². The maximum absolute atomic E-state index is 5.83. The van der Waals surface area contributed by atoms with E-state index in [4.69, 9.17) is 14.5 Å². The first-order chi connectivity index (χ1) is 15.1. The molecule has 0 spiro atoms. The number of fused-ring (bicyclic) bond motifs is 1. The number of methoxy groups -OCH3 is 1. The fourth-order valence-electron chi connectivity index (χ4n) is 4.33. The summed E-state index contributed by atoms with van der Waals surface area (Å²) in [4.78, 5) is 4.88. The lowest BCUT2D eigenvalue weighted by Crippen LogP contribution is -2.48. The van der Waals surface area contributed by atoms with E-state index in [0.717, 1.165) is 49.4 Å². The molecule has 1 aliphatic heterocycles. The number of para-hydroxylation sites is 1. The van der Waals surface area contributed by atoms with Gasteiger partial charge in [-0.15, -0.1) is 10.2 Å². The van der Waals surface area contributed by atoms with E-state index in [1.54, 1.807) is 7.11 Å². The number of aliphatic imine (C=N–C) groups is 1. The van der Waals surface area contributed by atoms with Crippen molar-refractivity contribution in [1.82, 2.24) is 25.4 Å². The van der Waals surface area contributed by atoms with Crippen molar-refractivity contribution in [2.24, 2.45) is 17.5 Å². The average Bonchev–Trinajstić information content (AvgIpc) is 3.08. The van der Waals surface area contributed by atoms with Gasteiger partial charge in [0.15, 0.2) is 11.8 Å². The molecule has 8 nitrogen and oxygen atoms in total. The minimum absolute atomic E-state index is 0.161. The van der Waals surface area contributed by atoms with Gasteiger partial charge in [-0.2, -0.15) is 0 Å². The summed E-state index contributed by atoms with van der Waals surface area (Å²) in [5.41, 5.74) is 1.48. The largest absolute Gasteiger partial charge is 0.493 e. The first-order valence-corrected chi connectivity index (χ1v) is 11.2. The van der Waals surface area contributed by atoms with Gasteiger partial charge < -0.3 is 24.7 Å². The van der Waals surface area contributed by atoms with Crippen LogP contribution < -0.4 is 15.4 Å². The van der Waals surface area contributed by atoms with Gasteiger partial charge in [-0.05, 0) is 37.7 Å². The summed E-state index contributed by atoms with van der Waals surface area (Å²) < 4.78 is 13.2. The van der Waals surface area contributed by atoms with Crippen molar-refractivity contribution in [1.29, 1.82) is 0 Å². The van der Waals surface area contributed by atoms with Crippen LogP contribution in [0.15, 0.2) is 29.3 Å². The highest BCUT2D eigenvalue weighted by molar-refractivity contribution is 5.80. The van der Waals surface area contributed by atoms with E-state index in [1.165, 1.54) is 24.8 Å².